The summed E-state index contributed by atoms with van der Waals surface area (Å²) in [6, 6.07) is 0. The SMILES string of the molecule is CC(=O)C(=O)[C@@H](C)CCCN=C(N)N. The van der Waals surface area contributed by atoms with Crippen LogP contribution in [0.25, 0.3) is 0 Å². The van der Waals surface area contributed by atoms with Gasteiger partial charge in [-0.3, -0.25) is 14.6 Å². The third-order valence-electron chi connectivity index (χ3n) is 1.88. The van der Waals surface area contributed by atoms with Crippen molar-refractivity contribution in [2.75, 3.05) is 6.54 Å². The maximum absolute atomic E-state index is 11.1. The van der Waals surface area contributed by atoms with E-state index in [0.29, 0.717) is 19.4 Å². The summed E-state index contributed by atoms with van der Waals surface area (Å²) < 4.78 is 0. The van der Waals surface area contributed by atoms with Crippen LogP contribution in [0, 0.1) is 5.92 Å². The normalized spacial score (nSPS) is 11.9. The molecule has 0 saturated heterocycles. The van der Waals surface area contributed by atoms with Crippen molar-refractivity contribution in [3.8, 4) is 0 Å². The molecule has 80 valence electrons. The third kappa shape index (κ3) is 5.29. The molecule has 0 aliphatic carbocycles. The van der Waals surface area contributed by atoms with Crippen LogP contribution in [0.5, 0.6) is 0 Å². The Morgan fingerprint density at radius 1 is 1.36 bits per heavy atom. The molecule has 0 radical (unpaired) electrons. The molecule has 4 N–H and O–H groups in total. The van der Waals surface area contributed by atoms with Crippen molar-refractivity contribution in [2.24, 2.45) is 22.4 Å². The monoisotopic (exact) mass is 199 g/mol. The molecule has 0 saturated carbocycles. The zero-order chi connectivity index (χ0) is 11.1. The predicted octanol–water partition coefficient (Wildman–Crippen LogP) is -0.166. The number of hydrogen-bond donors (Lipinski definition) is 2. The standard InChI is InChI=1S/C9H17N3O2/c1-6(8(14)7(2)13)4-3-5-12-9(10)11/h6H,3-5H2,1-2H3,(H4,10,11,12)/t6-/m0/s1. The average molecular weight is 199 g/mol. The summed E-state index contributed by atoms with van der Waals surface area (Å²) in [5, 5.41) is 0. The van der Waals surface area contributed by atoms with Crippen molar-refractivity contribution in [1.29, 1.82) is 0 Å². The van der Waals surface area contributed by atoms with Crippen LogP contribution in [-0.4, -0.2) is 24.1 Å². The molecule has 5 heteroatoms. The van der Waals surface area contributed by atoms with Crippen molar-refractivity contribution < 1.29 is 9.59 Å². The molecule has 0 bridgehead atoms. The fraction of sp³-hybridized carbons (Fsp3) is 0.667. The predicted molar refractivity (Wildman–Crippen MR) is 54.8 cm³/mol. The van der Waals surface area contributed by atoms with Crippen molar-refractivity contribution >= 4 is 17.5 Å². The summed E-state index contributed by atoms with van der Waals surface area (Å²) in [7, 11) is 0. The number of nitrogens with two attached hydrogens (primary N) is 2. The average Bonchev–Trinajstić information content (AvgIpc) is 2.10. The number of Topliss-reactive ketones (excluding diaryl/α,β-unsaturated/α-hetero) is 2. The Hall–Kier alpha value is -1.39. The Morgan fingerprint density at radius 3 is 2.36 bits per heavy atom. The lowest BCUT2D eigenvalue weighted by Gasteiger charge is -2.06. The Morgan fingerprint density at radius 2 is 1.93 bits per heavy atom. The molecule has 0 unspecified atom stereocenters. The Balaban J connectivity index is 3.75. The minimum absolute atomic E-state index is 0.0514. The Kier molecular flexibility index (Phi) is 5.52. The van der Waals surface area contributed by atoms with Crippen LogP contribution in [0.2, 0.25) is 0 Å². The first-order valence-corrected chi connectivity index (χ1v) is 4.55. The van der Waals surface area contributed by atoms with Gasteiger partial charge in [0, 0.05) is 19.4 Å². The van der Waals surface area contributed by atoms with E-state index in [9.17, 15) is 9.59 Å². The second kappa shape index (κ2) is 6.12. The maximum atomic E-state index is 11.1. The molecule has 0 aliphatic heterocycles. The minimum Gasteiger partial charge on any atom is -0.370 e. The molecule has 0 spiro atoms. The largest absolute Gasteiger partial charge is 0.370 e. The summed E-state index contributed by atoms with van der Waals surface area (Å²) in [5.41, 5.74) is 10.2. The van der Waals surface area contributed by atoms with E-state index in [1.165, 1.54) is 6.92 Å². The van der Waals surface area contributed by atoms with Gasteiger partial charge in [0.25, 0.3) is 0 Å². The highest BCUT2D eigenvalue weighted by atomic mass is 16.2. The van der Waals surface area contributed by atoms with Crippen LogP contribution in [0.1, 0.15) is 26.7 Å². The zero-order valence-electron chi connectivity index (χ0n) is 8.62. The Bertz CT molecular complexity index is 244. The molecule has 0 rings (SSSR count). The van der Waals surface area contributed by atoms with E-state index in [4.69, 9.17) is 11.5 Å². The van der Waals surface area contributed by atoms with Crippen molar-refractivity contribution in [3.05, 3.63) is 0 Å². The molecule has 0 aromatic heterocycles. The fourth-order valence-corrected chi connectivity index (χ4v) is 1.08. The second-order valence-corrected chi connectivity index (χ2v) is 3.27. The number of carbonyl (C=O) groups excluding carboxylic acids is 2. The zero-order valence-corrected chi connectivity index (χ0v) is 8.62. The van der Waals surface area contributed by atoms with Gasteiger partial charge in [-0.25, -0.2) is 0 Å². The molecule has 1 atom stereocenters. The van der Waals surface area contributed by atoms with Gasteiger partial charge in [-0.15, -0.1) is 0 Å². The Labute approximate surface area is 83.6 Å². The van der Waals surface area contributed by atoms with E-state index >= 15 is 0 Å². The van der Waals surface area contributed by atoms with Crippen LogP contribution < -0.4 is 11.5 Å². The highest BCUT2D eigenvalue weighted by molar-refractivity contribution is 6.36. The van der Waals surface area contributed by atoms with Gasteiger partial charge in [0.2, 0.25) is 5.78 Å². The number of aliphatic imine (C=N–C) groups is 1. The smallest absolute Gasteiger partial charge is 0.200 e. The van der Waals surface area contributed by atoms with E-state index in [1.807, 2.05) is 0 Å². The second-order valence-electron chi connectivity index (χ2n) is 3.27. The summed E-state index contributed by atoms with van der Waals surface area (Å²) in [4.78, 5) is 25.6. The lowest BCUT2D eigenvalue weighted by Crippen LogP contribution is -2.23. The summed E-state index contributed by atoms with van der Waals surface area (Å²) in [6.45, 7) is 3.52. The summed E-state index contributed by atoms with van der Waals surface area (Å²) >= 11 is 0. The summed E-state index contributed by atoms with van der Waals surface area (Å²) in [5.74, 6) is -0.897. The number of hydrogen-bond acceptors (Lipinski definition) is 3. The van der Waals surface area contributed by atoms with E-state index in [0.717, 1.165) is 0 Å². The molecular weight excluding hydrogens is 182 g/mol. The highest BCUT2D eigenvalue weighted by Gasteiger charge is 2.16. The number of nitrogens with zero attached hydrogens (tertiary/aromatic N) is 1. The first kappa shape index (κ1) is 12.6. The van der Waals surface area contributed by atoms with Gasteiger partial charge in [0.05, 0.1) is 0 Å². The lowest BCUT2D eigenvalue weighted by molar-refractivity contribution is -0.137. The molecule has 0 aliphatic rings. The van der Waals surface area contributed by atoms with Crippen LogP contribution in [0.4, 0.5) is 0 Å². The highest BCUT2D eigenvalue weighted by Crippen LogP contribution is 2.07. The van der Waals surface area contributed by atoms with Crippen LogP contribution in [-0.2, 0) is 9.59 Å². The topological polar surface area (TPSA) is 98.5 Å². The molecule has 14 heavy (non-hydrogen) atoms. The first-order chi connectivity index (χ1) is 6.45. The van der Waals surface area contributed by atoms with Gasteiger partial charge in [-0.05, 0) is 12.8 Å². The van der Waals surface area contributed by atoms with Gasteiger partial charge in [-0.2, -0.15) is 0 Å². The molecule has 0 aromatic carbocycles. The number of carbonyl (C=O) groups is 2. The molecule has 0 aromatic rings. The third-order valence-corrected chi connectivity index (χ3v) is 1.88. The lowest BCUT2D eigenvalue weighted by atomic mass is 9.98. The van der Waals surface area contributed by atoms with Gasteiger partial charge < -0.3 is 11.5 Å². The maximum Gasteiger partial charge on any atom is 0.200 e. The quantitative estimate of drug-likeness (QED) is 0.268. The minimum atomic E-state index is -0.389. The van der Waals surface area contributed by atoms with Gasteiger partial charge in [-0.1, -0.05) is 6.92 Å². The number of rotatable bonds is 6. The molecule has 5 nitrogen and oxygen atoms in total. The first-order valence-electron chi connectivity index (χ1n) is 4.55. The van der Waals surface area contributed by atoms with Crippen LogP contribution >= 0.6 is 0 Å². The fourth-order valence-electron chi connectivity index (χ4n) is 1.08. The molecule has 0 amide bonds. The number of ketones is 2. The van der Waals surface area contributed by atoms with E-state index in [-0.39, 0.29) is 23.4 Å². The van der Waals surface area contributed by atoms with Crippen LogP contribution in [0.15, 0.2) is 4.99 Å². The van der Waals surface area contributed by atoms with Crippen LogP contribution in [0.3, 0.4) is 0 Å². The summed E-state index contributed by atoms with van der Waals surface area (Å²) in [6.07, 6.45) is 1.34. The molecule has 0 fully saturated rings. The number of guanidine groups is 1. The van der Waals surface area contributed by atoms with Gasteiger partial charge in [0.1, 0.15) is 0 Å². The van der Waals surface area contributed by atoms with Gasteiger partial charge >= 0.3 is 0 Å². The van der Waals surface area contributed by atoms with E-state index in [1.54, 1.807) is 6.92 Å². The molecule has 0 heterocycles. The molecular formula is C9H17N3O2. The van der Waals surface area contributed by atoms with E-state index in [2.05, 4.69) is 4.99 Å². The van der Waals surface area contributed by atoms with E-state index < -0.39 is 0 Å². The van der Waals surface area contributed by atoms with Crippen molar-refractivity contribution in [1.82, 2.24) is 0 Å². The van der Waals surface area contributed by atoms with Crippen molar-refractivity contribution in [3.63, 3.8) is 0 Å². The van der Waals surface area contributed by atoms with Crippen molar-refractivity contribution in [2.45, 2.75) is 26.7 Å². The van der Waals surface area contributed by atoms with Gasteiger partial charge in [0.15, 0.2) is 11.7 Å².